The van der Waals surface area contributed by atoms with Crippen LogP contribution in [-0.2, 0) is 0 Å². The Kier molecular flexibility index (Phi) is 5.26. The second kappa shape index (κ2) is 6.58. The molecule has 0 bridgehead atoms. The third kappa shape index (κ3) is 3.62. The first-order valence-electron chi connectivity index (χ1n) is 5.65. The molecule has 0 aliphatic heterocycles. The van der Waals surface area contributed by atoms with Crippen LogP contribution in [-0.4, -0.2) is 11.6 Å². The van der Waals surface area contributed by atoms with E-state index in [1.807, 2.05) is 6.92 Å². The van der Waals surface area contributed by atoms with Gasteiger partial charge in [-0.25, -0.2) is 0 Å². The van der Waals surface area contributed by atoms with Crippen molar-refractivity contribution in [2.45, 2.75) is 19.8 Å². The summed E-state index contributed by atoms with van der Waals surface area (Å²) in [5, 5.41) is 0. The van der Waals surface area contributed by atoms with Crippen molar-refractivity contribution in [3.8, 4) is 0 Å². The number of hydrogen-bond acceptors (Lipinski definition) is 4. The number of aryl methyl sites for hydroxylation is 1. The number of ketones is 2. The predicted octanol–water partition coefficient (Wildman–Crippen LogP) is 5.92. The summed E-state index contributed by atoms with van der Waals surface area (Å²) in [6.45, 7) is 1.83. The molecule has 0 saturated heterocycles. The van der Waals surface area contributed by atoms with Gasteiger partial charge in [0, 0.05) is 28.8 Å². The van der Waals surface area contributed by atoms with Crippen LogP contribution in [0.1, 0.15) is 38.4 Å². The Morgan fingerprint density at radius 1 is 0.950 bits per heavy atom. The topological polar surface area (TPSA) is 34.1 Å². The Bertz CT molecular complexity index is 615. The molecule has 0 fully saturated rings. The summed E-state index contributed by atoms with van der Waals surface area (Å²) < 4.78 is 1.40. The average molecular weight is 368 g/mol. The van der Waals surface area contributed by atoms with Crippen molar-refractivity contribution in [1.29, 1.82) is 0 Å². The molecule has 0 aromatic carbocycles. The molecule has 0 radical (unpaired) electrons. The van der Waals surface area contributed by atoms with Crippen molar-refractivity contribution < 1.29 is 9.59 Å². The number of rotatable bonds is 5. The average Bonchev–Trinajstić information content (AvgIpc) is 2.88. The van der Waals surface area contributed by atoms with Gasteiger partial charge in [0.1, 0.15) is 4.34 Å². The van der Waals surface area contributed by atoms with E-state index in [9.17, 15) is 9.59 Å². The van der Waals surface area contributed by atoms with E-state index in [0.29, 0.717) is 24.1 Å². The van der Waals surface area contributed by atoms with Gasteiger partial charge in [-0.15, -0.1) is 22.7 Å². The number of carbonyl (C=O) groups is 2. The van der Waals surface area contributed by atoms with Crippen LogP contribution < -0.4 is 0 Å². The molecule has 2 rings (SSSR count). The van der Waals surface area contributed by atoms with Crippen molar-refractivity contribution >= 4 is 69.0 Å². The minimum absolute atomic E-state index is 0.0866. The molecule has 0 saturated carbocycles. The van der Waals surface area contributed by atoms with E-state index in [-0.39, 0.29) is 24.4 Å². The number of carbonyl (C=O) groups excluding carboxylic acids is 2. The molecule has 106 valence electrons. The van der Waals surface area contributed by atoms with Gasteiger partial charge in [0.05, 0.1) is 8.67 Å². The van der Waals surface area contributed by atoms with Gasteiger partial charge in [-0.3, -0.25) is 9.59 Å². The van der Waals surface area contributed by atoms with Crippen LogP contribution in [0.3, 0.4) is 0 Å². The highest BCUT2D eigenvalue weighted by Crippen LogP contribution is 2.32. The molecule has 2 nitrogen and oxygen atoms in total. The summed E-state index contributed by atoms with van der Waals surface area (Å²) >= 11 is 20.1. The Morgan fingerprint density at radius 2 is 1.45 bits per heavy atom. The minimum Gasteiger partial charge on any atom is -0.294 e. The highest BCUT2D eigenvalue weighted by molar-refractivity contribution is 7.20. The molecule has 0 spiro atoms. The number of thiophene rings is 2. The molecular weight excluding hydrogens is 359 g/mol. The maximum absolute atomic E-state index is 12.0. The van der Waals surface area contributed by atoms with Crippen molar-refractivity contribution in [3.63, 3.8) is 0 Å². The maximum atomic E-state index is 12.0. The van der Waals surface area contributed by atoms with Gasteiger partial charge in [-0.2, -0.15) is 0 Å². The molecule has 0 unspecified atom stereocenters. The van der Waals surface area contributed by atoms with Crippen LogP contribution in [0.15, 0.2) is 12.1 Å². The van der Waals surface area contributed by atoms with Crippen LogP contribution in [0, 0.1) is 6.92 Å². The van der Waals surface area contributed by atoms with E-state index >= 15 is 0 Å². The van der Waals surface area contributed by atoms with E-state index in [4.69, 9.17) is 34.8 Å². The largest absolute Gasteiger partial charge is 0.294 e. The summed E-state index contributed by atoms with van der Waals surface area (Å²) in [5.41, 5.74) is 0.969. The second-order valence-electron chi connectivity index (χ2n) is 4.10. The highest BCUT2D eigenvalue weighted by Gasteiger charge is 2.18. The normalized spacial score (nSPS) is 10.8. The Balaban J connectivity index is 2.02. The Hall–Kier alpha value is -0.390. The first-order valence-corrected chi connectivity index (χ1v) is 8.42. The predicted molar refractivity (Wildman–Crippen MR) is 86.3 cm³/mol. The number of halogens is 3. The lowest BCUT2D eigenvalue weighted by atomic mass is 10.0. The first kappa shape index (κ1) is 16.0. The molecule has 0 atom stereocenters. The molecule has 0 aliphatic rings. The summed E-state index contributed by atoms with van der Waals surface area (Å²) in [4.78, 5) is 24.9. The summed E-state index contributed by atoms with van der Waals surface area (Å²) in [7, 11) is 0. The van der Waals surface area contributed by atoms with Crippen LogP contribution in [0.4, 0.5) is 0 Å². The maximum Gasteiger partial charge on any atom is 0.165 e. The van der Waals surface area contributed by atoms with Crippen molar-refractivity contribution in [1.82, 2.24) is 0 Å². The van der Waals surface area contributed by atoms with E-state index in [0.717, 1.165) is 16.2 Å². The standard InChI is InChI=1S/C13H9Cl3O2S2/c1-6-7(4-11(14)19-6)9(17)2-3-10(18)8-5-12(15)20-13(8)16/h4-5H,2-3H2,1H3. The Morgan fingerprint density at radius 3 is 1.90 bits per heavy atom. The van der Waals surface area contributed by atoms with Crippen LogP contribution in [0.5, 0.6) is 0 Å². The van der Waals surface area contributed by atoms with E-state index in [1.165, 1.54) is 17.4 Å². The van der Waals surface area contributed by atoms with Gasteiger partial charge < -0.3 is 0 Å². The third-order valence-electron chi connectivity index (χ3n) is 2.72. The minimum atomic E-state index is -0.175. The molecule has 0 amide bonds. The highest BCUT2D eigenvalue weighted by atomic mass is 35.5. The second-order valence-corrected chi connectivity index (χ2v) is 8.28. The number of hydrogen-bond donors (Lipinski definition) is 0. The fourth-order valence-corrected chi connectivity index (χ4v) is 4.46. The lowest BCUT2D eigenvalue weighted by Crippen LogP contribution is -2.05. The summed E-state index contributed by atoms with van der Waals surface area (Å²) in [5.74, 6) is -0.262. The third-order valence-corrected chi connectivity index (χ3v) is 5.39. The van der Waals surface area contributed by atoms with Gasteiger partial charge in [0.15, 0.2) is 11.6 Å². The summed E-state index contributed by atoms with van der Waals surface area (Å²) in [6, 6.07) is 3.18. The van der Waals surface area contributed by atoms with E-state index < -0.39 is 0 Å². The van der Waals surface area contributed by atoms with Gasteiger partial charge in [0.25, 0.3) is 0 Å². The van der Waals surface area contributed by atoms with Crippen molar-refractivity contribution in [2.24, 2.45) is 0 Å². The number of Topliss-reactive ketones (excluding diaryl/α,β-unsaturated/α-hetero) is 2. The Labute approximate surface area is 139 Å². The molecular formula is C13H9Cl3O2S2. The SMILES string of the molecule is Cc1sc(Cl)cc1C(=O)CCC(=O)c1cc(Cl)sc1Cl. The lowest BCUT2D eigenvalue weighted by Gasteiger charge is -2.00. The molecule has 20 heavy (non-hydrogen) atoms. The quantitative estimate of drug-likeness (QED) is 0.614. The lowest BCUT2D eigenvalue weighted by molar-refractivity contribution is 0.0917. The fourth-order valence-electron chi connectivity index (χ4n) is 1.75. The van der Waals surface area contributed by atoms with E-state index in [1.54, 1.807) is 6.07 Å². The molecule has 2 aromatic heterocycles. The van der Waals surface area contributed by atoms with Crippen molar-refractivity contribution in [2.75, 3.05) is 0 Å². The monoisotopic (exact) mass is 366 g/mol. The molecule has 2 heterocycles. The van der Waals surface area contributed by atoms with Gasteiger partial charge in [0.2, 0.25) is 0 Å². The smallest absolute Gasteiger partial charge is 0.165 e. The first-order chi connectivity index (χ1) is 9.38. The molecule has 2 aromatic rings. The van der Waals surface area contributed by atoms with Crippen molar-refractivity contribution in [3.05, 3.63) is 41.1 Å². The molecule has 7 heteroatoms. The molecule has 0 N–H and O–H groups in total. The fraction of sp³-hybridized carbons (Fsp3) is 0.231. The zero-order valence-electron chi connectivity index (χ0n) is 10.3. The van der Waals surface area contributed by atoms with Crippen LogP contribution >= 0.6 is 57.5 Å². The zero-order chi connectivity index (χ0) is 14.9. The van der Waals surface area contributed by atoms with Gasteiger partial charge in [-0.05, 0) is 19.1 Å². The van der Waals surface area contributed by atoms with Gasteiger partial charge >= 0.3 is 0 Å². The summed E-state index contributed by atoms with van der Waals surface area (Å²) in [6.07, 6.45) is 0.245. The van der Waals surface area contributed by atoms with E-state index in [2.05, 4.69) is 0 Å². The van der Waals surface area contributed by atoms with Gasteiger partial charge in [-0.1, -0.05) is 34.8 Å². The van der Waals surface area contributed by atoms with Crippen LogP contribution in [0.25, 0.3) is 0 Å². The molecule has 0 aliphatic carbocycles. The van der Waals surface area contributed by atoms with Crippen LogP contribution in [0.2, 0.25) is 13.0 Å². The zero-order valence-corrected chi connectivity index (χ0v) is 14.2.